The number of hydrogen-bond acceptors (Lipinski definition) is 2. The number of nitrogens with one attached hydrogen (secondary N) is 1. The van der Waals surface area contributed by atoms with Crippen LogP contribution < -0.4 is 5.32 Å². The topological polar surface area (TPSA) is 49.4 Å². The van der Waals surface area contributed by atoms with Gasteiger partial charge in [-0.2, -0.15) is 0 Å². The number of nitrogens with zero attached hydrogens (tertiary/aromatic N) is 1. The van der Waals surface area contributed by atoms with E-state index in [0.29, 0.717) is 16.5 Å². The Morgan fingerprint density at radius 2 is 1.59 bits per heavy atom. The largest absolute Gasteiger partial charge is 0.352 e. The summed E-state index contributed by atoms with van der Waals surface area (Å²) < 4.78 is 0. The van der Waals surface area contributed by atoms with E-state index >= 15 is 0 Å². The average molecular weight is 538 g/mol. The highest BCUT2D eigenvalue weighted by molar-refractivity contribution is 6.42. The maximum Gasteiger partial charge on any atom is 0.243 e. The number of amides is 2. The second kappa shape index (κ2) is 13.1. The normalized spacial score (nSPS) is 14.7. The number of aryl methyl sites for hydroxylation is 1. The molecule has 3 aromatic rings. The molecule has 0 bridgehead atoms. The molecule has 194 valence electrons. The molecule has 2 amide bonds. The molecule has 1 N–H and O–H groups in total. The van der Waals surface area contributed by atoms with Crippen LogP contribution in [0.1, 0.15) is 54.4 Å². The lowest BCUT2D eigenvalue weighted by Crippen LogP contribution is -2.53. The summed E-state index contributed by atoms with van der Waals surface area (Å²) >= 11 is 12.5. The van der Waals surface area contributed by atoms with E-state index in [1.807, 2.05) is 67.6 Å². The van der Waals surface area contributed by atoms with Crippen LogP contribution in [-0.4, -0.2) is 28.8 Å². The van der Waals surface area contributed by atoms with Crippen LogP contribution in [-0.2, 0) is 29.0 Å². The number of rotatable bonds is 9. The van der Waals surface area contributed by atoms with Gasteiger partial charge < -0.3 is 10.2 Å². The molecule has 3 aromatic carbocycles. The van der Waals surface area contributed by atoms with Gasteiger partial charge in [0.25, 0.3) is 0 Å². The van der Waals surface area contributed by atoms with E-state index in [2.05, 4.69) is 5.32 Å². The lowest BCUT2D eigenvalue weighted by molar-refractivity contribution is -0.141. The number of carbonyl (C=O) groups excluding carboxylic acids is 2. The molecule has 4 rings (SSSR count). The van der Waals surface area contributed by atoms with Crippen LogP contribution in [0.3, 0.4) is 0 Å². The van der Waals surface area contributed by atoms with E-state index in [9.17, 15) is 9.59 Å². The lowest BCUT2D eigenvalue weighted by Gasteiger charge is -2.33. The minimum Gasteiger partial charge on any atom is -0.352 e. The lowest BCUT2D eigenvalue weighted by atomic mass is 9.94. The number of benzene rings is 3. The van der Waals surface area contributed by atoms with Crippen molar-refractivity contribution < 1.29 is 9.59 Å². The zero-order valence-corrected chi connectivity index (χ0v) is 22.8. The van der Waals surface area contributed by atoms with E-state index in [1.54, 1.807) is 17.0 Å². The fourth-order valence-electron chi connectivity index (χ4n) is 5.03. The third kappa shape index (κ3) is 7.83. The summed E-state index contributed by atoms with van der Waals surface area (Å²) in [5, 5.41) is 4.16. The zero-order chi connectivity index (χ0) is 26.2. The van der Waals surface area contributed by atoms with Crippen molar-refractivity contribution in [1.82, 2.24) is 10.2 Å². The molecule has 0 radical (unpaired) electrons. The Bertz CT molecular complexity index is 1210. The predicted molar refractivity (Wildman–Crippen MR) is 151 cm³/mol. The van der Waals surface area contributed by atoms with Crippen LogP contribution in [0.2, 0.25) is 10.0 Å². The second-order valence-corrected chi connectivity index (χ2v) is 10.8. The number of halogens is 2. The first kappa shape index (κ1) is 27.2. The predicted octanol–water partition coefficient (Wildman–Crippen LogP) is 6.93. The van der Waals surface area contributed by atoms with Gasteiger partial charge in [-0.15, -0.1) is 0 Å². The second-order valence-electron chi connectivity index (χ2n) is 9.98. The van der Waals surface area contributed by atoms with Crippen LogP contribution in [0.5, 0.6) is 0 Å². The van der Waals surface area contributed by atoms with Gasteiger partial charge in [0.15, 0.2) is 0 Å². The van der Waals surface area contributed by atoms with Crippen molar-refractivity contribution in [2.24, 2.45) is 0 Å². The van der Waals surface area contributed by atoms with Crippen molar-refractivity contribution >= 4 is 35.0 Å². The molecule has 0 unspecified atom stereocenters. The van der Waals surface area contributed by atoms with Crippen LogP contribution in [0, 0.1) is 6.92 Å². The van der Waals surface area contributed by atoms with Gasteiger partial charge in [0.05, 0.1) is 16.5 Å². The standard InChI is InChI=1S/C31H34Cl2N2O2/c1-22-9-8-12-24(17-22)20-30(36)35(21-25-15-16-27(32)28(33)18-25)29(19-23-10-4-2-5-11-23)31(37)34-26-13-6-3-7-14-26/h2,4-5,8-12,15-18,26,29H,3,6-7,13-14,19-21H2,1H3,(H,34,37)/t29-/m0/s1. The van der Waals surface area contributed by atoms with Crippen molar-refractivity contribution in [2.75, 3.05) is 0 Å². The summed E-state index contributed by atoms with van der Waals surface area (Å²) in [7, 11) is 0. The molecule has 6 heteroatoms. The Labute approximate surface area is 230 Å². The van der Waals surface area contributed by atoms with E-state index in [-0.39, 0.29) is 30.8 Å². The molecule has 1 aliphatic rings. The molecule has 4 nitrogen and oxygen atoms in total. The number of hydrogen-bond donors (Lipinski definition) is 1. The minimum atomic E-state index is -0.656. The van der Waals surface area contributed by atoms with Crippen LogP contribution in [0.25, 0.3) is 0 Å². The molecular formula is C31H34Cl2N2O2. The highest BCUT2D eigenvalue weighted by Gasteiger charge is 2.32. The van der Waals surface area contributed by atoms with Crippen molar-refractivity contribution in [3.05, 3.63) is 105 Å². The van der Waals surface area contributed by atoms with Crippen molar-refractivity contribution in [2.45, 2.75) is 70.5 Å². The number of carbonyl (C=O) groups is 2. The van der Waals surface area contributed by atoms with Crippen molar-refractivity contribution in [1.29, 1.82) is 0 Å². The van der Waals surface area contributed by atoms with Gasteiger partial charge in [0, 0.05) is 19.0 Å². The first-order valence-corrected chi connectivity index (χ1v) is 13.8. The van der Waals surface area contributed by atoms with E-state index in [4.69, 9.17) is 23.2 Å². The molecule has 0 aliphatic heterocycles. The Balaban J connectivity index is 1.67. The van der Waals surface area contributed by atoms with Gasteiger partial charge in [-0.3, -0.25) is 9.59 Å². The van der Waals surface area contributed by atoms with Crippen molar-refractivity contribution in [3.63, 3.8) is 0 Å². The molecule has 1 aliphatic carbocycles. The van der Waals surface area contributed by atoms with Crippen LogP contribution in [0.4, 0.5) is 0 Å². The van der Waals surface area contributed by atoms with E-state index < -0.39 is 6.04 Å². The third-order valence-electron chi connectivity index (χ3n) is 7.00. The molecule has 1 atom stereocenters. The third-order valence-corrected chi connectivity index (χ3v) is 7.74. The molecule has 37 heavy (non-hydrogen) atoms. The molecule has 1 fully saturated rings. The SMILES string of the molecule is Cc1cccc(CC(=O)N(Cc2ccc(Cl)c(Cl)c2)[C@@H](Cc2ccccc2)C(=O)NC2CCCCC2)c1. The maximum absolute atomic E-state index is 13.9. The summed E-state index contributed by atoms with van der Waals surface area (Å²) in [6.07, 6.45) is 6.05. The van der Waals surface area contributed by atoms with Crippen LogP contribution >= 0.6 is 23.2 Å². The van der Waals surface area contributed by atoms with Gasteiger partial charge in [-0.05, 0) is 48.6 Å². The summed E-state index contributed by atoms with van der Waals surface area (Å²) in [4.78, 5) is 29.4. The van der Waals surface area contributed by atoms with Gasteiger partial charge in [0.1, 0.15) is 6.04 Å². The first-order chi connectivity index (χ1) is 17.9. The Morgan fingerprint density at radius 3 is 2.30 bits per heavy atom. The van der Waals surface area contributed by atoms with Gasteiger partial charge in [-0.25, -0.2) is 0 Å². The maximum atomic E-state index is 13.9. The fourth-order valence-corrected chi connectivity index (χ4v) is 5.35. The van der Waals surface area contributed by atoms with Gasteiger partial charge in [0.2, 0.25) is 11.8 Å². The quantitative estimate of drug-likeness (QED) is 0.322. The fraction of sp³-hybridized carbons (Fsp3) is 0.355. The average Bonchev–Trinajstić information content (AvgIpc) is 2.89. The molecule has 0 heterocycles. The van der Waals surface area contributed by atoms with Crippen LogP contribution in [0.15, 0.2) is 72.8 Å². The van der Waals surface area contributed by atoms with E-state index in [1.165, 1.54) is 6.42 Å². The Kier molecular flexibility index (Phi) is 9.65. The summed E-state index contributed by atoms with van der Waals surface area (Å²) in [5.74, 6) is -0.204. The molecule has 0 aromatic heterocycles. The van der Waals surface area contributed by atoms with Gasteiger partial charge >= 0.3 is 0 Å². The Morgan fingerprint density at radius 1 is 0.865 bits per heavy atom. The minimum absolute atomic E-state index is 0.101. The molecule has 1 saturated carbocycles. The highest BCUT2D eigenvalue weighted by Crippen LogP contribution is 2.25. The van der Waals surface area contributed by atoms with E-state index in [0.717, 1.165) is 47.9 Å². The first-order valence-electron chi connectivity index (χ1n) is 13.0. The molecule has 0 saturated heterocycles. The Hall–Kier alpha value is -2.82. The van der Waals surface area contributed by atoms with Gasteiger partial charge in [-0.1, -0.05) is 109 Å². The molecular weight excluding hydrogens is 503 g/mol. The molecule has 0 spiro atoms. The monoisotopic (exact) mass is 536 g/mol. The van der Waals surface area contributed by atoms with Crippen molar-refractivity contribution in [3.8, 4) is 0 Å². The highest BCUT2D eigenvalue weighted by atomic mass is 35.5. The summed E-state index contributed by atoms with van der Waals surface area (Å²) in [6.45, 7) is 2.27. The summed E-state index contributed by atoms with van der Waals surface area (Å²) in [6, 6.07) is 22.7. The smallest absolute Gasteiger partial charge is 0.243 e. The summed E-state index contributed by atoms with van der Waals surface area (Å²) in [5.41, 5.74) is 3.86. The zero-order valence-electron chi connectivity index (χ0n) is 21.3.